The zero-order chi connectivity index (χ0) is 29.4. The van der Waals surface area contributed by atoms with Gasteiger partial charge < -0.3 is 25.4 Å². The van der Waals surface area contributed by atoms with Crippen molar-refractivity contribution >= 4 is 23.5 Å². The summed E-state index contributed by atoms with van der Waals surface area (Å²) in [4.78, 5) is 54.7. The molecule has 41 heavy (non-hydrogen) atoms. The number of rotatable bonds is 13. The summed E-state index contributed by atoms with van der Waals surface area (Å²) in [5.74, 6) is -1.08. The maximum Gasteiger partial charge on any atom is 0.243 e. The van der Waals surface area contributed by atoms with Crippen LogP contribution in [0.3, 0.4) is 0 Å². The summed E-state index contributed by atoms with van der Waals surface area (Å²) in [6.07, 6.45) is 4.94. The van der Waals surface area contributed by atoms with E-state index in [0.717, 1.165) is 31.2 Å². The van der Waals surface area contributed by atoms with Crippen LogP contribution in [0, 0.1) is 17.2 Å². The van der Waals surface area contributed by atoms with Gasteiger partial charge in [-0.1, -0.05) is 37.8 Å². The zero-order valence-corrected chi connectivity index (χ0v) is 23.9. The van der Waals surface area contributed by atoms with E-state index in [-0.39, 0.29) is 24.7 Å². The van der Waals surface area contributed by atoms with Gasteiger partial charge in [-0.3, -0.25) is 24.1 Å². The molecule has 11 heteroatoms. The lowest BCUT2D eigenvalue weighted by molar-refractivity contribution is -0.134. The zero-order valence-electron chi connectivity index (χ0n) is 23.9. The Hall–Kier alpha value is -3.33. The average molecular weight is 568 g/mol. The monoisotopic (exact) mass is 567 g/mol. The predicted molar refractivity (Wildman–Crippen MR) is 150 cm³/mol. The van der Waals surface area contributed by atoms with Gasteiger partial charge >= 0.3 is 0 Å². The molecule has 0 bridgehead atoms. The highest BCUT2D eigenvalue weighted by molar-refractivity contribution is 5.98. The fourth-order valence-corrected chi connectivity index (χ4v) is 5.47. The third-order valence-electron chi connectivity index (χ3n) is 8.17. The van der Waals surface area contributed by atoms with Crippen LogP contribution in [0.25, 0.3) is 0 Å². The van der Waals surface area contributed by atoms with Gasteiger partial charge in [0, 0.05) is 19.5 Å². The van der Waals surface area contributed by atoms with E-state index in [2.05, 4.69) is 22.0 Å². The molecule has 4 atom stereocenters. The maximum absolute atomic E-state index is 13.7. The topological polar surface area (TPSA) is 153 Å². The van der Waals surface area contributed by atoms with Crippen LogP contribution in [0.1, 0.15) is 57.1 Å². The lowest BCUT2D eigenvalue weighted by atomic mass is 9.90. The number of Topliss-reactive ketones (excluding diaryl/α,β-unsaturated/α-hetero) is 1. The Morgan fingerprint density at radius 1 is 1.02 bits per heavy atom. The van der Waals surface area contributed by atoms with Gasteiger partial charge in [-0.2, -0.15) is 5.26 Å². The summed E-state index contributed by atoms with van der Waals surface area (Å²) in [7, 11) is 0. The Bertz CT molecular complexity index is 1130. The first-order chi connectivity index (χ1) is 19.7. The van der Waals surface area contributed by atoms with E-state index in [1.54, 1.807) is 38.1 Å². The molecule has 3 aliphatic rings. The third kappa shape index (κ3) is 8.83. The van der Waals surface area contributed by atoms with Crippen LogP contribution in [-0.2, 0) is 35.1 Å². The van der Waals surface area contributed by atoms with Gasteiger partial charge in [0.2, 0.25) is 17.7 Å². The summed E-state index contributed by atoms with van der Waals surface area (Å²) >= 11 is 0. The molecular weight excluding hydrogens is 526 g/mol. The van der Waals surface area contributed by atoms with Crippen molar-refractivity contribution in [2.75, 3.05) is 39.5 Å². The fourth-order valence-electron chi connectivity index (χ4n) is 5.47. The van der Waals surface area contributed by atoms with Gasteiger partial charge in [0.15, 0.2) is 5.78 Å². The smallest absolute Gasteiger partial charge is 0.243 e. The summed E-state index contributed by atoms with van der Waals surface area (Å²) in [5, 5.41) is 17.6. The number of amides is 3. The largest absolute Gasteiger partial charge is 0.379 e. The molecule has 3 amide bonds. The first-order valence-corrected chi connectivity index (χ1v) is 14.5. The summed E-state index contributed by atoms with van der Waals surface area (Å²) in [6, 6.07) is 6.24. The Morgan fingerprint density at radius 3 is 2.27 bits per heavy atom. The molecule has 3 N–H and O–H groups in total. The lowest BCUT2D eigenvalue weighted by Crippen LogP contribution is -2.57. The van der Waals surface area contributed by atoms with Crippen LogP contribution in [0.15, 0.2) is 24.3 Å². The molecule has 2 saturated heterocycles. The molecule has 1 aliphatic carbocycles. The SMILES string of the molecule is C[C@H](NC(=O)CN1CCOCC1)C(=O)N[C@@H](Cc1ccc(C#N)cc1)C(=O)N[C@@H](CC1CCCC1)C(=O)[C@@]1(C)CO1. The van der Waals surface area contributed by atoms with Gasteiger partial charge in [-0.15, -0.1) is 0 Å². The molecule has 0 spiro atoms. The van der Waals surface area contributed by atoms with E-state index < -0.39 is 35.5 Å². The highest BCUT2D eigenvalue weighted by atomic mass is 16.6. The van der Waals surface area contributed by atoms with Crippen LogP contribution < -0.4 is 16.0 Å². The van der Waals surface area contributed by atoms with Gasteiger partial charge in [-0.05, 0) is 43.9 Å². The van der Waals surface area contributed by atoms with Crippen molar-refractivity contribution in [1.82, 2.24) is 20.9 Å². The Balaban J connectivity index is 1.44. The van der Waals surface area contributed by atoms with Crippen molar-refractivity contribution in [2.45, 2.75) is 76.1 Å². The molecule has 0 unspecified atom stereocenters. The summed E-state index contributed by atoms with van der Waals surface area (Å²) in [6.45, 7) is 6.20. The number of nitrogens with zero attached hydrogens (tertiary/aromatic N) is 2. The molecule has 1 saturated carbocycles. The van der Waals surface area contributed by atoms with Gasteiger partial charge in [0.25, 0.3) is 0 Å². The number of morpholine rings is 1. The Labute approximate surface area is 241 Å². The molecule has 0 radical (unpaired) electrons. The van der Waals surface area contributed by atoms with Crippen molar-refractivity contribution in [1.29, 1.82) is 5.26 Å². The Morgan fingerprint density at radius 2 is 1.66 bits per heavy atom. The number of ether oxygens (including phenoxy) is 2. The number of nitriles is 1. The number of nitrogens with one attached hydrogen (secondary N) is 3. The minimum Gasteiger partial charge on any atom is -0.379 e. The third-order valence-corrected chi connectivity index (χ3v) is 8.17. The molecular formula is C30H41N5O6. The number of hydrogen-bond donors (Lipinski definition) is 3. The molecule has 2 heterocycles. The molecule has 0 aromatic heterocycles. The number of ketones is 1. The quantitative estimate of drug-likeness (QED) is 0.297. The predicted octanol–water partition coefficient (Wildman–Crippen LogP) is 0.846. The minimum atomic E-state index is -0.999. The van der Waals surface area contributed by atoms with Gasteiger partial charge in [0.05, 0.1) is 44.0 Å². The standard InChI is InChI=1S/C30H41N5O6/c1-20(32-26(36)18-35-11-13-40-14-12-35)28(38)34-25(16-22-7-9-23(17-31)10-8-22)29(39)33-24(15-21-5-3-4-6-21)27(37)30(2)19-41-30/h7-10,20-21,24-25H,3-6,11-16,18-19H2,1-2H3,(H,32,36)(H,33,39)(H,34,38)/t20-,24-,25-,30+/m0/s1. The molecule has 1 aromatic rings. The number of benzene rings is 1. The van der Waals surface area contributed by atoms with Crippen LogP contribution in [0.4, 0.5) is 0 Å². The van der Waals surface area contributed by atoms with E-state index in [9.17, 15) is 19.2 Å². The van der Waals surface area contributed by atoms with E-state index >= 15 is 0 Å². The van der Waals surface area contributed by atoms with Crippen molar-refractivity contribution in [2.24, 2.45) is 5.92 Å². The minimum absolute atomic E-state index is 0.148. The highest BCUT2D eigenvalue weighted by Gasteiger charge is 2.50. The molecule has 2 aliphatic heterocycles. The van der Waals surface area contributed by atoms with E-state index in [1.807, 2.05) is 4.90 Å². The first-order valence-electron chi connectivity index (χ1n) is 14.5. The average Bonchev–Trinajstić information content (AvgIpc) is 3.51. The summed E-state index contributed by atoms with van der Waals surface area (Å²) < 4.78 is 10.7. The second-order valence-corrected chi connectivity index (χ2v) is 11.6. The maximum atomic E-state index is 13.7. The number of carbonyl (C=O) groups excluding carboxylic acids is 4. The lowest BCUT2D eigenvalue weighted by Gasteiger charge is -2.27. The second-order valence-electron chi connectivity index (χ2n) is 11.6. The van der Waals surface area contributed by atoms with E-state index in [0.29, 0.717) is 50.8 Å². The highest BCUT2D eigenvalue weighted by Crippen LogP contribution is 2.33. The number of hydrogen-bond acceptors (Lipinski definition) is 8. The molecule has 3 fully saturated rings. The molecule has 11 nitrogen and oxygen atoms in total. The second kappa shape index (κ2) is 14.0. The van der Waals surface area contributed by atoms with Crippen LogP contribution in [0.5, 0.6) is 0 Å². The van der Waals surface area contributed by atoms with Crippen molar-refractivity contribution < 1.29 is 28.7 Å². The van der Waals surface area contributed by atoms with Gasteiger partial charge in [0.1, 0.15) is 17.7 Å². The molecule has 222 valence electrons. The molecule has 4 rings (SSSR count). The van der Waals surface area contributed by atoms with Crippen LogP contribution in [0.2, 0.25) is 0 Å². The van der Waals surface area contributed by atoms with Crippen molar-refractivity contribution in [3.63, 3.8) is 0 Å². The van der Waals surface area contributed by atoms with E-state index in [1.165, 1.54) is 0 Å². The van der Waals surface area contributed by atoms with E-state index in [4.69, 9.17) is 14.7 Å². The summed E-state index contributed by atoms with van der Waals surface area (Å²) in [5.41, 5.74) is 0.335. The number of carbonyl (C=O) groups is 4. The van der Waals surface area contributed by atoms with Crippen molar-refractivity contribution in [3.8, 4) is 6.07 Å². The Kier molecular flexibility index (Phi) is 10.5. The number of epoxide rings is 1. The fraction of sp³-hybridized carbons (Fsp3) is 0.633. The molecule has 1 aromatic carbocycles. The normalized spacial score (nSPS) is 23.0. The van der Waals surface area contributed by atoms with Crippen LogP contribution in [-0.4, -0.2) is 91.6 Å². The van der Waals surface area contributed by atoms with Crippen LogP contribution >= 0.6 is 0 Å². The van der Waals surface area contributed by atoms with Gasteiger partial charge in [-0.25, -0.2) is 0 Å². The van der Waals surface area contributed by atoms with Crippen molar-refractivity contribution in [3.05, 3.63) is 35.4 Å². The first kappa shape index (κ1) is 30.6.